The highest BCUT2D eigenvalue weighted by atomic mass is 32.2. The molecule has 2 heterocycles. The minimum Gasteiger partial charge on any atom is -0.493 e. The Hall–Kier alpha value is -1.86. The van der Waals surface area contributed by atoms with E-state index in [4.69, 9.17) is 4.74 Å². The number of para-hydroxylation sites is 1. The summed E-state index contributed by atoms with van der Waals surface area (Å²) in [7, 11) is -3.55. The number of aromatic nitrogens is 2. The molecule has 7 heteroatoms. The zero-order chi connectivity index (χ0) is 16.4. The van der Waals surface area contributed by atoms with Crippen molar-refractivity contribution in [2.75, 3.05) is 13.2 Å². The van der Waals surface area contributed by atoms with E-state index < -0.39 is 10.0 Å². The van der Waals surface area contributed by atoms with Gasteiger partial charge in [-0.15, -0.1) is 0 Å². The summed E-state index contributed by atoms with van der Waals surface area (Å²) in [6.45, 7) is 5.15. The SMILES string of the molecule is CCn1cc(S(=O)(=O)NC[C@@H]2COc3ccccc3C2)c(C)n1. The van der Waals surface area contributed by atoms with Crippen LogP contribution in [0.4, 0.5) is 0 Å². The van der Waals surface area contributed by atoms with Gasteiger partial charge in [0.25, 0.3) is 0 Å². The average Bonchev–Trinajstić information content (AvgIpc) is 2.95. The lowest BCUT2D eigenvalue weighted by atomic mass is 9.97. The zero-order valence-electron chi connectivity index (χ0n) is 13.3. The second kappa shape index (κ2) is 6.33. The first-order valence-electron chi connectivity index (χ1n) is 7.74. The van der Waals surface area contributed by atoms with E-state index in [1.54, 1.807) is 17.8 Å². The second-order valence-corrected chi connectivity index (χ2v) is 7.51. The van der Waals surface area contributed by atoms with Gasteiger partial charge in [-0.3, -0.25) is 4.68 Å². The van der Waals surface area contributed by atoms with Gasteiger partial charge in [0.05, 0.1) is 12.3 Å². The fraction of sp³-hybridized carbons (Fsp3) is 0.438. The highest BCUT2D eigenvalue weighted by molar-refractivity contribution is 7.89. The summed E-state index contributed by atoms with van der Waals surface area (Å²) in [6.07, 6.45) is 2.39. The number of nitrogens with one attached hydrogen (secondary N) is 1. The van der Waals surface area contributed by atoms with Gasteiger partial charge in [-0.25, -0.2) is 13.1 Å². The first-order valence-corrected chi connectivity index (χ1v) is 9.22. The van der Waals surface area contributed by atoms with Gasteiger partial charge in [0.2, 0.25) is 10.0 Å². The third-order valence-corrected chi connectivity index (χ3v) is 5.56. The van der Waals surface area contributed by atoms with Crippen molar-refractivity contribution in [1.82, 2.24) is 14.5 Å². The fourth-order valence-corrected chi connectivity index (χ4v) is 4.05. The summed E-state index contributed by atoms with van der Waals surface area (Å²) in [6, 6.07) is 7.87. The molecule has 0 aliphatic carbocycles. The van der Waals surface area contributed by atoms with Crippen molar-refractivity contribution < 1.29 is 13.2 Å². The monoisotopic (exact) mass is 335 g/mol. The summed E-state index contributed by atoms with van der Waals surface area (Å²) in [5.74, 6) is 1.02. The van der Waals surface area contributed by atoms with Crippen molar-refractivity contribution in [3.8, 4) is 5.75 Å². The third kappa shape index (κ3) is 3.40. The molecule has 3 rings (SSSR count). The summed E-state index contributed by atoms with van der Waals surface area (Å²) < 4.78 is 35.0. The smallest absolute Gasteiger partial charge is 0.243 e. The summed E-state index contributed by atoms with van der Waals surface area (Å²) in [4.78, 5) is 0.247. The topological polar surface area (TPSA) is 73.2 Å². The van der Waals surface area contributed by atoms with Gasteiger partial charge in [-0.2, -0.15) is 5.10 Å². The molecule has 1 aliphatic heterocycles. The van der Waals surface area contributed by atoms with E-state index in [0.717, 1.165) is 17.7 Å². The van der Waals surface area contributed by atoms with Crippen LogP contribution in [-0.4, -0.2) is 31.3 Å². The predicted molar refractivity (Wildman–Crippen MR) is 87.0 cm³/mol. The Morgan fingerprint density at radius 1 is 1.39 bits per heavy atom. The van der Waals surface area contributed by atoms with Crippen LogP contribution in [0, 0.1) is 12.8 Å². The van der Waals surface area contributed by atoms with E-state index in [2.05, 4.69) is 9.82 Å². The summed E-state index contributed by atoms with van der Waals surface area (Å²) in [5, 5.41) is 4.19. The normalized spacial score (nSPS) is 17.6. The molecule has 1 aromatic heterocycles. The molecule has 0 fully saturated rings. The molecule has 0 amide bonds. The van der Waals surface area contributed by atoms with Crippen molar-refractivity contribution in [1.29, 1.82) is 0 Å². The molecular formula is C16H21N3O3S. The lowest BCUT2D eigenvalue weighted by Crippen LogP contribution is -2.34. The summed E-state index contributed by atoms with van der Waals surface area (Å²) >= 11 is 0. The van der Waals surface area contributed by atoms with Crippen LogP contribution in [0.1, 0.15) is 18.2 Å². The quantitative estimate of drug-likeness (QED) is 0.903. The number of nitrogens with zero attached hydrogens (tertiary/aromatic N) is 2. The molecule has 0 saturated carbocycles. The second-order valence-electron chi connectivity index (χ2n) is 5.78. The number of fused-ring (bicyclic) bond motifs is 1. The van der Waals surface area contributed by atoms with Crippen molar-refractivity contribution in [2.24, 2.45) is 5.92 Å². The van der Waals surface area contributed by atoms with Crippen molar-refractivity contribution in [3.63, 3.8) is 0 Å². The number of sulfonamides is 1. The maximum atomic E-state index is 12.5. The van der Waals surface area contributed by atoms with Crippen molar-refractivity contribution in [2.45, 2.75) is 31.7 Å². The van der Waals surface area contributed by atoms with E-state index >= 15 is 0 Å². The maximum absolute atomic E-state index is 12.5. The molecule has 2 aromatic rings. The highest BCUT2D eigenvalue weighted by Gasteiger charge is 2.24. The van der Waals surface area contributed by atoms with Gasteiger partial charge in [-0.05, 0) is 31.9 Å². The van der Waals surface area contributed by atoms with E-state index in [9.17, 15) is 8.42 Å². The number of hydrogen-bond acceptors (Lipinski definition) is 4. The Balaban J connectivity index is 1.67. The average molecular weight is 335 g/mol. The van der Waals surface area contributed by atoms with Gasteiger partial charge in [0.15, 0.2) is 0 Å². The molecule has 1 aromatic carbocycles. The minimum atomic E-state index is -3.55. The number of ether oxygens (including phenoxy) is 1. The fourth-order valence-electron chi connectivity index (χ4n) is 2.75. The van der Waals surface area contributed by atoms with E-state index in [0.29, 0.717) is 25.4 Å². The molecule has 0 radical (unpaired) electrons. The van der Waals surface area contributed by atoms with E-state index in [1.807, 2.05) is 31.2 Å². The number of benzene rings is 1. The Morgan fingerprint density at radius 2 is 2.17 bits per heavy atom. The molecule has 0 unspecified atom stereocenters. The Morgan fingerprint density at radius 3 is 2.91 bits per heavy atom. The van der Waals surface area contributed by atoms with Crippen LogP contribution in [0.3, 0.4) is 0 Å². The first-order chi connectivity index (χ1) is 11.0. The molecule has 1 aliphatic rings. The third-order valence-electron chi connectivity index (χ3n) is 4.03. The molecule has 1 N–H and O–H groups in total. The standard InChI is InChI=1S/C16H21N3O3S/c1-3-19-10-16(12(2)18-19)23(20,21)17-9-13-8-14-6-4-5-7-15(14)22-11-13/h4-7,10,13,17H,3,8-9,11H2,1-2H3/t13-/m1/s1. The van der Waals surface area contributed by atoms with Crippen LogP contribution in [-0.2, 0) is 23.0 Å². The van der Waals surface area contributed by atoms with Gasteiger partial charge in [0.1, 0.15) is 10.6 Å². The molecule has 0 bridgehead atoms. The van der Waals surface area contributed by atoms with Crippen LogP contribution in [0.5, 0.6) is 5.75 Å². The minimum absolute atomic E-state index is 0.126. The number of hydrogen-bond donors (Lipinski definition) is 1. The highest BCUT2D eigenvalue weighted by Crippen LogP contribution is 2.26. The van der Waals surface area contributed by atoms with Gasteiger partial charge in [-0.1, -0.05) is 18.2 Å². The lowest BCUT2D eigenvalue weighted by molar-refractivity contribution is 0.223. The van der Waals surface area contributed by atoms with Gasteiger partial charge < -0.3 is 4.74 Å². The Labute approximate surface area is 136 Å². The molecular weight excluding hydrogens is 314 g/mol. The first kappa shape index (κ1) is 16.0. The predicted octanol–water partition coefficient (Wildman–Crippen LogP) is 1.74. The van der Waals surface area contributed by atoms with Gasteiger partial charge in [0, 0.05) is 25.2 Å². The molecule has 6 nitrogen and oxygen atoms in total. The molecule has 1 atom stereocenters. The van der Waals surface area contributed by atoms with Crippen LogP contribution in [0.25, 0.3) is 0 Å². The Bertz CT molecular complexity index is 799. The summed E-state index contributed by atoms with van der Waals surface area (Å²) in [5.41, 5.74) is 1.64. The molecule has 23 heavy (non-hydrogen) atoms. The van der Waals surface area contributed by atoms with Crippen molar-refractivity contribution >= 4 is 10.0 Å². The van der Waals surface area contributed by atoms with Crippen molar-refractivity contribution in [3.05, 3.63) is 41.7 Å². The van der Waals surface area contributed by atoms with Crippen LogP contribution < -0.4 is 9.46 Å². The lowest BCUT2D eigenvalue weighted by Gasteiger charge is -2.25. The van der Waals surface area contributed by atoms with Crippen LogP contribution >= 0.6 is 0 Å². The number of rotatable bonds is 5. The van der Waals surface area contributed by atoms with E-state index in [1.165, 1.54) is 0 Å². The Kier molecular flexibility index (Phi) is 4.41. The van der Waals surface area contributed by atoms with Gasteiger partial charge >= 0.3 is 0 Å². The van der Waals surface area contributed by atoms with Crippen LogP contribution in [0.15, 0.2) is 35.4 Å². The zero-order valence-corrected chi connectivity index (χ0v) is 14.1. The molecule has 0 spiro atoms. The van der Waals surface area contributed by atoms with Crippen LogP contribution in [0.2, 0.25) is 0 Å². The molecule has 124 valence electrons. The largest absolute Gasteiger partial charge is 0.493 e. The van der Waals surface area contributed by atoms with E-state index in [-0.39, 0.29) is 10.8 Å². The molecule has 0 saturated heterocycles. The maximum Gasteiger partial charge on any atom is 0.243 e. The number of aryl methyl sites for hydroxylation is 2.